The molecule has 0 aromatic carbocycles. The van der Waals surface area contributed by atoms with Gasteiger partial charge in [0, 0.05) is 43.6 Å². The summed E-state index contributed by atoms with van der Waals surface area (Å²) in [6.07, 6.45) is 3.67. The molecule has 1 aromatic heterocycles. The van der Waals surface area contributed by atoms with E-state index < -0.39 is 0 Å². The van der Waals surface area contributed by atoms with Gasteiger partial charge in [-0.05, 0) is 32.1 Å². The molecule has 2 heterocycles. The van der Waals surface area contributed by atoms with E-state index >= 15 is 0 Å². The first kappa shape index (κ1) is 15.9. The van der Waals surface area contributed by atoms with Crippen LogP contribution in [0.3, 0.4) is 0 Å². The molecule has 1 saturated heterocycles. The minimum absolute atomic E-state index is 0.180. The fourth-order valence-electron chi connectivity index (χ4n) is 2.75. The first-order chi connectivity index (χ1) is 9.93. The predicted octanol–water partition coefficient (Wildman–Crippen LogP) is 2.51. The summed E-state index contributed by atoms with van der Waals surface area (Å²) in [5.41, 5.74) is 2.44. The van der Waals surface area contributed by atoms with Crippen molar-refractivity contribution in [1.82, 2.24) is 10.3 Å². The van der Waals surface area contributed by atoms with E-state index in [0.717, 1.165) is 38.3 Å². The van der Waals surface area contributed by atoms with Crippen LogP contribution >= 0.6 is 0 Å². The Bertz CT molecular complexity index is 525. The fourth-order valence-corrected chi connectivity index (χ4v) is 2.75. The van der Waals surface area contributed by atoms with Crippen molar-refractivity contribution < 1.29 is 9.66 Å². The highest BCUT2D eigenvalue weighted by Crippen LogP contribution is 2.29. The molecule has 1 N–H and O–H groups in total. The van der Waals surface area contributed by atoms with Gasteiger partial charge in [-0.25, -0.2) is 0 Å². The Labute approximate surface area is 125 Å². The normalized spacial score (nSPS) is 17.7. The van der Waals surface area contributed by atoms with E-state index in [1.165, 1.54) is 0 Å². The average molecular weight is 293 g/mol. The number of rotatable bonds is 5. The van der Waals surface area contributed by atoms with E-state index in [1.807, 2.05) is 0 Å². The van der Waals surface area contributed by atoms with Crippen LogP contribution in [0.2, 0.25) is 0 Å². The number of aromatic nitrogens is 1. The molecule has 0 unspecified atom stereocenters. The molecule has 1 aliphatic rings. The molecule has 0 atom stereocenters. The SMILES string of the molecule is Cc1cnc(CNCC2(C)CCOCC2)c(C)c1[N+](=O)[O-]. The van der Waals surface area contributed by atoms with E-state index in [2.05, 4.69) is 17.2 Å². The van der Waals surface area contributed by atoms with Gasteiger partial charge in [-0.15, -0.1) is 0 Å². The van der Waals surface area contributed by atoms with Gasteiger partial charge in [0.1, 0.15) is 0 Å². The first-order valence-corrected chi connectivity index (χ1v) is 7.31. The van der Waals surface area contributed by atoms with Gasteiger partial charge in [-0.1, -0.05) is 6.92 Å². The minimum Gasteiger partial charge on any atom is -0.381 e. The quantitative estimate of drug-likeness (QED) is 0.666. The van der Waals surface area contributed by atoms with Crippen LogP contribution in [0.25, 0.3) is 0 Å². The number of pyridine rings is 1. The highest BCUT2D eigenvalue weighted by molar-refractivity contribution is 5.47. The molecular formula is C15H23N3O3. The molecule has 0 saturated carbocycles. The van der Waals surface area contributed by atoms with Crippen molar-refractivity contribution in [2.75, 3.05) is 19.8 Å². The lowest BCUT2D eigenvalue weighted by atomic mass is 9.82. The van der Waals surface area contributed by atoms with Crippen LogP contribution in [-0.4, -0.2) is 29.7 Å². The molecule has 0 spiro atoms. The number of nitrogens with zero attached hydrogens (tertiary/aromatic N) is 2. The van der Waals surface area contributed by atoms with Crippen LogP contribution in [0, 0.1) is 29.4 Å². The summed E-state index contributed by atoms with van der Waals surface area (Å²) in [4.78, 5) is 15.1. The van der Waals surface area contributed by atoms with Crippen molar-refractivity contribution in [3.05, 3.63) is 33.1 Å². The second-order valence-electron chi connectivity index (χ2n) is 6.15. The van der Waals surface area contributed by atoms with Crippen LogP contribution in [0.5, 0.6) is 0 Å². The van der Waals surface area contributed by atoms with Crippen molar-refractivity contribution in [2.24, 2.45) is 5.41 Å². The van der Waals surface area contributed by atoms with Crippen molar-refractivity contribution in [1.29, 1.82) is 0 Å². The monoisotopic (exact) mass is 293 g/mol. The Morgan fingerprint density at radius 1 is 1.43 bits per heavy atom. The van der Waals surface area contributed by atoms with Crippen LogP contribution < -0.4 is 5.32 Å². The van der Waals surface area contributed by atoms with Gasteiger partial charge in [0.05, 0.1) is 10.6 Å². The third-order valence-corrected chi connectivity index (χ3v) is 4.30. The van der Waals surface area contributed by atoms with Crippen molar-refractivity contribution in [3.63, 3.8) is 0 Å². The topological polar surface area (TPSA) is 77.3 Å². The largest absolute Gasteiger partial charge is 0.381 e. The van der Waals surface area contributed by atoms with Gasteiger partial charge in [-0.2, -0.15) is 0 Å². The predicted molar refractivity (Wildman–Crippen MR) is 80.2 cm³/mol. The Balaban J connectivity index is 2.00. The van der Waals surface area contributed by atoms with Crippen LogP contribution in [-0.2, 0) is 11.3 Å². The van der Waals surface area contributed by atoms with Crippen LogP contribution in [0.4, 0.5) is 5.69 Å². The zero-order valence-corrected chi connectivity index (χ0v) is 12.9. The first-order valence-electron chi connectivity index (χ1n) is 7.31. The maximum Gasteiger partial charge on any atom is 0.278 e. The van der Waals surface area contributed by atoms with Crippen molar-refractivity contribution in [2.45, 2.75) is 40.2 Å². The maximum atomic E-state index is 11.1. The molecule has 1 aliphatic heterocycles. The van der Waals surface area contributed by atoms with E-state index in [1.54, 1.807) is 20.0 Å². The molecule has 0 radical (unpaired) electrons. The second kappa shape index (κ2) is 6.49. The molecule has 6 heteroatoms. The summed E-state index contributed by atoms with van der Waals surface area (Å²) in [6.45, 7) is 8.80. The molecule has 0 bridgehead atoms. The van der Waals surface area contributed by atoms with Gasteiger partial charge in [-0.3, -0.25) is 15.1 Å². The number of aryl methyl sites for hydroxylation is 1. The Kier molecular flexibility index (Phi) is 4.90. The van der Waals surface area contributed by atoms with E-state index in [9.17, 15) is 10.1 Å². The highest BCUT2D eigenvalue weighted by atomic mass is 16.6. The number of hydrogen-bond acceptors (Lipinski definition) is 5. The van der Waals surface area contributed by atoms with Crippen LogP contribution in [0.15, 0.2) is 6.20 Å². The average Bonchev–Trinajstić information content (AvgIpc) is 2.42. The standard InChI is InChI=1S/C15H23N3O3/c1-11-8-17-13(12(2)14(11)18(19)20)9-16-10-15(3)4-6-21-7-5-15/h8,16H,4-7,9-10H2,1-3H3. The molecular weight excluding hydrogens is 270 g/mol. The summed E-state index contributed by atoms with van der Waals surface area (Å²) < 4.78 is 5.39. The lowest BCUT2D eigenvalue weighted by molar-refractivity contribution is -0.386. The lowest BCUT2D eigenvalue weighted by Gasteiger charge is -2.33. The van der Waals surface area contributed by atoms with E-state index in [4.69, 9.17) is 4.74 Å². The van der Waals surface area contributed by atoms with Crippen molar-refractivity contribution >= 4 is 5.69 Å². The maximum absolute atomic E-state index is 11.1. The smallest absolute Gasteiger partial charge is 0.278 e. The Hall–Kier alpha value is -1.53. The molecule has 21 heavy (non-hydrogen) atoms. The van der Waals surface area contributed by atoms with Crippen LogP contribution in [0.1, 0.15) is 36.6 Å². The summed E-state index contributed by atoms with van der Waals surface area (Å²) in [7, 11) is 0. The molecule has 1 fully saturated rings. The van der Waals surface area contributed by atoms with Crippen molar-refractivity contribution in [3.8, 4) is 0 Å². The lowest BCUT2D eigenvalue weighted by Crippen LogP contribution is -2.36. The van der Waals surface area contributed by atoms with Gasteiger partial charge < -0.3 is 10.1 Å². The third-order valence-electron chi connectivity index (χ3n) is 4.30. The molecule has 0 aliphatic carbocycles. The van der Waals surface area contributed by atoms with E-state index in [0.29, 0.717) is 17.7 Å². The molecule has 6 nitrogen and oxygen atoms in total. The van der Waals surface area contributed by atoms with Gasteiger partial charge in [0.25, 0.3) is 5.69 Å². The summed E-state index contributed by atoms with van der Waals surface area (Å²) >= 11 is 0. The number of hydrogen-bond donors (Lipinski definition) is 1. The number of nitrogens with one attached hydrogen (secondary N) is 1. The highest BCUT2D eigenvalue weighted by Gasteiger charge is 2.27. The summed E-state index contributed by atoms with van der Waals surface area (Å²) in [6, 6.07) is 0. The Morgan fingerprint density at radius 3 is 2.71 bits per heavy atom. The molecule has 0 amide bonds. The summed E-state index contributed by atoms with van der Waals surface area (Å²) in [5.74, 6) is 0. The molecule has 2 rings (SSSR count). The Morgan fingerprint density at radius 2 is 2.10 bits per heavy atom. The van der Waals surface area contributed by atoms with Gasteiger partial charge >= 0.3 is 0 Å². The molecule has 116 valence electrons. The summed E-state index contributed by atoms with van der Waals surface area (Å²) in [5, 5.41) is 14.5. The van der Waals surface area contributed by atoms with Gasteiger partial charge in [0.2, 0.25) is 0 Å². The number of nitro groups is 1. The zero-order chi connectivity index (χ0) is 15.5. The van der Waals surface area contributed by atoms with Gasteiger partial charge in [0.15, 0.2) is 0 Å². The zero-order valence-electron chi connectivity index (χ0n) is 12.9. The third kappa shape index (κ3) is 3.77. The fraction of sp³-hybridized carbons (Fsp3) is 0.667. The van der Waals surface area contributed by atoms with E-state index in [-0.39, 0.29) is 16.0 Å². The minimum atomic E-state index is -0.324. The second-order valence-corrected chi connectivity index (χ2v) is 6.15. The number of ether oxygens (including phenoxy) is 1. The molecule has 1 aromatic rings.